The van der Waals surface area contributed by atoms with Gasteiger partial charge in [-0.2, -0.15) is 0 Å². The first-order valence-corrected chi connectivity index (χ1v) is 6.14. The lowest BCUT2D eigenvalue weighted by atomic mass is 10.2. The maximum absolute atomic E-state index is 11.3. The number of hydrogen-bond acceptors (Lipinski definition) is 2. The number of carboxylic acids is 1. The molecule has 1 aromatic carbocycles. The molecule has 3 N–H and O–H groups in total. The third kappa shape index (κ3) is 6.47. The van der Waals surface area contributed by atoms with Gasteiger partial charge in [0.1, 0.15) is 0 Å². The van der Waals surface area contributed by atoms with Crippen molar-refractivity contribution in [2.24, 2.45) is 0 Å². The molecule has 0 aliphatic rings. The number of halogens is 1. The van der Waals surface area contributed by atoms with E-state index in [4.69, 9.17) is 16.7 Å². The fourth-order valence-corrected chi connectivity index (χ4v) is 1.51. The summed E-state index contributed by atoms with van der Waals surface area (Å²) in [5.74, 6) is -0.874. The Labute approximate surface area is 116 Å². The van der Waals surface area contributed by atoms with Gasteiger partial charge >= 0.3 is 12.0 Å². The number of carbonyl (C=O) groups is 2. The normalized spacial score (nSPS) is 10.4. The number of carbonyl (C=O) groups excluding carboxylic acids is 1. The Hall–Kier alpha value is -2.01. The van der Waals surface area contributed by atoms with Crippen molar-refractivity contribution >= 4 is 29.7 Å². The minimum Gasteiger partial charge on any atom is -0.481 e. The Balaban J connectivity index is 2.27. The Bertz CT molecular complexity index is 475. The maximum Gasteiger partial charge on any atom is 0.318 e. The van der Waals surface area contributed by atoms with Crippen molar-refractivity contribution in [3.63, 3.8) is 0 Å². The summed E-state index contributed by atoms with van der Waals surface area (Å²) in [6.07, 6.45) is 3.60. The van der Waals surface area contributed by atoms with Crippen LogP contribution in [0.1, 0.15) is 18.4 Å². The van der Waals surface area contributed by atoms with Crippen molar-refractivity contribution < 1.29 is 14.7 Å². The molecular formula is C13H15ClN2O3. The number of amides is 2. The molecule has 0 aliphatic heterocycles. The van der Waals surface area contributed by atoms with Crippen molar-refractivity contribution in [3.05, 3.63) is 41.1 Å². The second-order valence-corrected chi connectivity index (χ2v) is 4.16. The van der Waals surface area contributed by atoms with Crippen LogP contribution >= 0.6 is 11.6 Å². The van der Waals surface area contributed by atoms with Gasteiger partial charge in [0, 0.05) is 24.2 Å². The lowest BCUT2D eigenvalue weighted by Crippen LogP contribution is -2.32. The SMILES string of the molecule is O=C(O)CCCNC(=O)N/C=C/c1ccccc1Cl. The van der Waals surface area contributed by atoms with Crippen LogP contribution in [-0.4, -0.2) is 23.7 Å². The van der Waals surface area contributed by atoms with Crippen LogP contribution in [0.2, 0.25) is 5.02 Å². The van der Waals surface area contributed by atoms with Crippen LogP contribution in [0.5, 0.6) is 0 Å². The van der Waals surface area contributed by atoms with Crippen LogP contribution in [0.25, 0.3) is 6.08 Å². The summed E-state index contributed by atoms with van der Waals surface area (Å²) in [5, 5.41) is 14.1. The van der Waals surface area contributed by atoms with Gasteiger partial charge in [0.05, 0.1) is 0 Å². The lowest BCUT2D eigenvalue weighted by Gasteiger charge is -2.03. The predicted molar refractivity (Wildman–Crippen MR) is 73.9 cm³/mol. The molecule has 0 fully saturated rings. The topological polar surface area (TPSA) is 78.4 Å². The molecule has 0 unspecified atom stereocenters. The van der Waals surface area contributed by atoms with Gasteiger partial charge in [-0.15, -0.1) is 0 Å². The largest absolute Gasteiger partial charge is 0.481 e. The molecule has 2 amide bonds. The summed E-state index contributed by atoms with van der Waals surface area (Å²) < 4.78 is 0. The fourth-order valence-electron chi connectivity index (χ4n) is 1.31. The first-order valence-electron chi connectivity index (χ1n) is 5.77. The van der Waals surface area contributed by atoms with E-state index in [9.17, 15) is 9.59 Å². The smallest absolute Gasteiger partial charge is 0.318 e. The van der Waals surface area contributed by atoms with Gasteiger partial charge in [-0.05, 0) is 24.1 Å². The van der Waals surface area contributed by atoms with Crippen LogP contribution in [0.3, 0.4) is 0 Å². The number of benzene rings is 1. The average Bonchev–Trinajstić information content (AvgIpc) is 2.37. The second kappa shape index (κ2) is 8.16. The molecular weight excluding hydrogens is 268 g/mol. The minimum absolute atomic E-state index is 0.0374. The van der Waals surface area contributed by atoms with Crippen molar-refractivity contribution in [2.45, 2.75) is 12.8 Å². The summed E-state index contributed by atoms with van der Waals surface area (Å²) in [6, 6.07) is 6.87. The van der Waals surface area contributed by atoms with E-state index in [-0.39, 0.29) is 12.5 Å². The van der Waals surface area contributed by atoms with Gasteiger partial charge in [-0.3, -0.25) is 4.79 Å². The number of nitrogens with one attached hydrogen (secondary N) is 2. The summed E-state index contributed by atoms with van der Waals surface area (Å²) in [4.78, 5) is 21.6. The first-order chi connectivity index (χ1) is 9.09. The molecule has 0 atom stereocenters. The third-order valence-corrected chi connectivity index (χ3v) is 2.58. The zero-order chi connectivity index (χ0) is 14.1. The van der Waals surface area contributed by atoms with Crippen LogP contribution in [0.4, 0.5) is 4.79 Å². The number of rotatable bonds is 6. The molecule has 0 saturated heterocycles. The molecule has 0 heterocycles. The summed E-state index contributed by atoms with van der Waals surface area (Å²) >= 11 is 5.94. The lowest BCUT2D eigenvalue weighted by molar-refractivity contribution is -0.137. The van der Waals surface area contributed by atoms with Gasteiger partial charge in [0.2, 0.25) is 0 Å². The third-order valence-electron chi connectivity index (χ3n) is 2.24. The Morgan fingerprint density at radius 2 is 2.05 bits per heavy atom. The van der Waals surface area contributed by atoms with Crippen LogP contribution in [0, 0.1) is 0 Å². The standard InChI is InChI=1S/C13H15ClN2O3/c14-11-5-2-1-4-10(11)7-9-16-13(19)15-8-3-6-12(17)18/h1-2,4-5,7,9H,3,6,8H2,(H,17,18)(H2,15,16,19)/b9-7+. The molecule has 0 radical (unpaired) electrons. The highest BCUT2D eigenvalue weighted by Crippen LogP contribution is 2.15. The quantitative estimate of drug-likeness (QED) is 0.701. The zero-order valence-electron chi connectivity index (χ0n) is 10.2. The van der Waals surface area contributed by atoms with Gasteiger partial charge in [-0.25, -0.2) is 4.79 Å². The van der Waals surface area contributed by atoms with E-state index >= 15 is 0 Å². The highest BCUT2D eigenvalue weighted by atomic mass is 35.5. The van der Waals surface area contributed by atoms with Gasteiger partial charge in [0.15, 0.2) is 0 Å². The van der Waals surface area contributed by atoms with E-state index in [1.807, 2.05) is 18.2 Å². The van der Waals surface area contributed by atoms with Gasteiger partial charge < -0.3 is 15.7 Å². The second-order valence-electron chi connectivity index (χ2n) is 3.75. The van der Waals surface area contributed by atoms with E-state index in [1.165, 1.54) is 6.20 Å². The van der Waals surface area contributed by atoms with Crippen LogP contribution < -0.4 is 10.6 Å². The number of carboxylic acid groups (broad SMARTS) is 1. The molecule has 1 aromatic rings. The molecule has 6 heteroatoms. The molecule has 19 heavy (non-hydrogen) atoms. The fraction of sp³-hybridized carbons (Fsp3) is 0.231. The Kier molecular flexibility index (Phi) is 6.46. The number of urea groups is 1. The Morgan fingerprint density at radius 1 is 1.32 bits per heavy atom. The van der Waals surface area contributed by atoms with Gasteiger partial charge in [0.25, 0.3) is 0 Å². The van der Waals surface area contributed by atoms with Crippen LogP contribution in [-0.2, 0) is 4.79 Å². The molecule has 0 spiro atoms. The van der Waals surface area contributed by atoms with Crippen molar-refractivity contribution in [2.75, 3.05) is 6.54 Å². The van der Waals surface area contributed by atoms with Crippen LogP contribution in [0.15, 0.2) is 30.5 Å². The van der Waals surface area contributed by atoms with E-state index in [1.54, 1.807) is 12.1 Å². The molecule has 5 nitrogen and oxygen atoms in total. The average molecular weight is 283 g/mol. The summed E-state index contributed by atoms with van der Waals surface area (Å²) in [6.45, 7) is 0.318. The first kappa shape index (κ1) is 15.0. The monoisotopic (exact) mass is 282 g/mol. The molecule has 0 aromatic heterocycles. The number of hydrogen-bond donors (Lipinski definition) is 3. The molecule has 0 bridgehead atoms. The summed E-state index contributed by atoms with van der Waals surface area (Å²) in [7, 11) is 0. The van der Waals surface area contributed by atoms with E-state index in [0.717, 1.165) is 5.56 Å². The molecule has 1 rings (SSSR count). The number of aliphatic carboxylic acids is 1. The molecule has 0 saturated carbocycles. The van der Waals surface area contributed by atoms with E-state index < -0.39 is 5.97 Å². The van der Waals surface area contributed by atoms with Crippen molar-refractivity contribution in [3.8, 4) is 0 Å². The van der Waals surface area contributed by atoms with Gasteiger partial charge in [-0.1, -0.05) is 29.8 Å². The van der Waals surface area contributed by atoms with E-state index in [2.05, 4.69) is 10.6 Å². The molecule has 0 aliphatic carbocycles. The highest BCUT2D eigenvalue weighted by molar-refractivity contribution is 6.32. The van der Waals surface area contributed by atoms with Crippen molar-refractivity contribution in [1.29, 1.82) is 0 Å². The maximum atomic E-state index is 11.3. The van der Waals surface area contributed by atoms with E-state index in [0.29, 0.717) is 18.0 Å². The zero-order valence-corrected chi connectivity index (χ0v) is 11.0. The summed E-state index contributed by atoms with van der Waals surface area (Å²) in [5.41, 5.74) is 0.801. The predicted octanol–water partition coefficient (Wildman–Crippen LogP) is 2.47. The Morgan fingerprint density at radius 3 is 2.74 bits per heavy atom. The highest BCUT2D eigenvalue weighted by Gasteiger charge is 1.99. The minimum atomic E-state index is -0.874. The molecule has 102 valence electrons. The van der Waals surface area contributed by atoms with Crippen molar-refractivity contribution in [1.82, 2.24) is 10.6 Å².